The summed E-state index contributed by atoms with van der Waals surface area (Å²) in [5.41, 5.74) is 2.36. The Kier molecular flexibility index (Phi) is 3.07. The van der Waals surface area contributed by atoms with Gasteiger partial charge in [-0.1, -0.05) is 29.8 Å². The number of nitrogens with one attached hydrogen (secondary N) is 1. The zero-order chi connectivity index (χ0) is 13.2. The highest BCUT2D eigenvalue weighted by Gasteiger charge is 2.25. The fraction of sp³-hybridized carbons (Fsp3) is 0.333. The van der Waals surface area contributed by atoms with Crippen LogP contribution in [0, 0.1) is 6.92 Å². The Bertz CT molecular complexity index is 644. The topological polar surface area (TPSA) is 46.9 Å². The van der Waals surface area contributed by atoms with Crippen LogP contribution in [-0.2, 0) is 6.54 Å². The summed E-state index contributed by atoms with van der Waals surface area (Å²) in [6.07, 6.45) is 5.67. The van der Waals surface area contributed by atoms with Crippen molar-refractivity contribution in [1.82, 2.24) is 9.55 Å². The van der Waals surface area contributed by atoms with Crippen LogP contribution in [-0.4, -0.2) is 9.55 Å². The predicted molar refractivity (Wildman–Crippen MR) is 75.3 cm³/mol. The Balaban J connectivity index is 1.77. The summed E-state index contributed by atoms with van der Waals surface area (Å²) in [5.74, 6) is 0.441. The number of aromatic nitrogens is 2. The van der Waals surface area contributed by atoms with E-state index < -0.39 is 0 Å². The number of benzene rings is 1. The lowest BCUT2D eigenvalue weighted by Gasteiger charge is -2.08. The minimum atomic E-state index is -0.0161. The quantitative estimate of drug-likeness (QED) is 0.913. The van der Waals surface area contributed by atoms with Gasteiger partial charge >= 0.3 is 0 Å². The average Bonchev–Trinajstić information content (AvgIpc) is 3.22. The third-order valence-electron chi connectivity index (χ3n) is 3.35. The predicted octanol–water partition coefficient (Wildman–Crippen LogP) is 2.50. The molecule has 19 heavy (non-hydrogen) atoms. The lowest BCUT2D eigenvalue weighted by Crippen LogP contribution is -2.23. The molecule has 0 amide bonds. The molecule has 3 rings (SSSR count). The lowest BCUT2D eigenvalue weighted by molar-refractivity contribution is 0.699. The zero-order valence-electron chi connectivity index (χ0n) is 11.0. The van der Waals surface area contributed by atoms with Gasteiger partial charge in [-0.15, -0.1) is 0 Å². The molecule has 0 saturated heterocycles. The Morgan fingerprint density at radius 2 is 2.26 bits per heavy atom. The summed E-state index contributed by atoms with van der Waals surface area (Å²) >= 11 is 0. The SMILES string of the molecule is Cc1cccc(CNc2nccn(C3CC3)c2=O)c1. The minimum Gasteiger partial charge on any atom is -0.361 e. The second-order valence-electron chi connectivity index (χ2n) is 5.06. The number of hydrogen-bond acceptors (Lipinski definition) is 3. The summed E-state index contributed by atoms with van der Waals surface area (Å²) in [5, 5.41) is 3.14. The van der Waals surface area contributed by atoms with E-state index in [1.165, 1.54) is 5.56 Å². The molecule has 1 aromatic carbocycles. The van der Waals surface area contributed by atoms with Crippen LogP contribution in [0.15, 0.2) is 41.5 Å². The van der Waals surface area contributed by atoms with Crippen LogP contribution in [0.1, 0.15) is 30.0 Å². The number of hydrogen-bond donors (Lipinski definition) is 1. The van der Waals surface area contributed by atoms with Crippen LogP contribution in [0.2, 0.25) is 0 Å². The highest BCUT2D eigenvalue weighted by molar-refractivity contribution is 5.34. The second-order valence-corrected chi connectivity index (χ2v) is 5.06. The van der Waals surface area contributed by atoms with Crippen molar-refractivity contribution in [2.24, 2.45) is 0 Å². The molecule has 1 fully saturated rings. The van der Waals surface area contributed by atoms with E-state index in [2.05, 4.69) is 29.4 Å². The molecule has 1 aliphatic carbocycles. The first kappa shape index (κ1) is 12.0. The summed E-state index contributed by atoms with van der Waals surface area (Å²) in [4.78, 5) is 16.3. The number of rotatable bonds is 4. The monoisotopic (exact) mass is 255 g/mol. The van der Waals surface area contributed by atoms with Crippen molar-refractivity contribution < 1.29 is 0 Å². The van der Waals surface area contributed by atoms with E-state index in [1.54, 1.807) is 17.0 Å². The van der Waals surface area contributed by atoms with Crippen molar-refractivity contribution in [1.29, 1.82) is 0 Å². The van der Waals surface area contributed by atoms with Crippen molar-refractivity contribution in [3.8, 4) is 0 Å². The summed E-state index contributed by atoms with van der Waals surface area (Å²) in [6.45, 7) is 2.68. The van der Waals surface area contributed by atoms with Crippen molar-refractivity contribution >= 4 is 5.82 Å². The van der Waals surface area contributed by atoms with E-state index in [4.69, 9.17) is 0 Å². The smallest absolute Gasteiger partial charge is 0.293 e. The molecule has 0 spiro atoms. The molecule has 2 aromatic rings. The first-order valence-electron chi connectivity index (χ1n) is 6.60. The molecule has 1 saturated carbocycles. The zero-order valence-corrected chi connectivity index (χ0v) is 11.0. The molecule has 0 atom stereocenters. The maximum absolute atomic E-state index is 12.2. The van der Waals surface area contributed by atoms with Gasteiger partial charge in [-0.3, -0.25) is 4.79 Å². The molecule has 98 valence electrons. The molecule has 1 aliphatic rings. The van der Waals surface area contributed by atoms with Gasteiger partial charge < -0.3 is 9.88 Å². The van der Waals surface area contributed by atoms with Crippen LogP contribution < -0.4 is 10.9 Å². The van der Waals surface area contributed by atoms with E-state index >= 15 is 0 Å². The third-order valence-corrected chi connectivity index (χ3v) is 3.35. The molecule has 1 N–H and O–H groups in total. The van der Waals surface area contributed by atoms with Crippen molar-refractivity contribution in [2.45, 2.75) is 32.4 Å². The van der Waals surface area contributed by atoms with E-state index in [0.717, 1.165) is 18.4 Å². The van der Waals surface area contributed by atoms with Gasteiger partial charge in [-0.2, -0.15) is 0 Å². The Morgan fingerprint density at radius 3 is 3.00 bits per heavy atom. The van der Waals surface area contributed by atoms with Crippen molar-refractivity contribution in [3.05, 3.63) is 58.1 Å². The third kappa shape index (κ3) is 2.67. The van der Waals surface area contributed by atoms with Gasteiger partial charge in [0, 0.05) is 25.0 Å². The van der Waals surface area contributed by atoms with Gasteiger partial charge in [0.25, 0.3) is 5.56 Å². The fourth-order valence-electron chi connectivity index (χ4n) is 2.19. The molecular formula is C15H17N3O. The van der Waals surface area contributed by atoms with Gasteiger partial charge in [0.15, 0.2) is 5.82 Å². The molecule has 0 aliphatic heterocycles. The number of nitrogens with zero attached hydrogens (tertiary/aromatic N) is 2. The summed E-state index contributed by atoms with van der Waals surface area (Å²) in [7, 11) is 0. The molecule has 0 bridgehead atoms. The maximum Gasteiger partial charge on any atom is 0.293 e. The fourth-order valence-corrected chi connectivity index (χ4v) is 2.19. The van der Waals surface area contributed by atoms with Gasteiger partial charge in [-0.25, -0.2) is 4.98 Å². The van der Waals surface area contributed by atoms with Crippen LogP contribution in [0.3, 0.4) is 0 Å². The van der Waals surface area contributed by atoms with Gasteiger partial charge in [0.2, 0.25) is 0 Å². The normalized spacial score (nSPS) is 14.4. The average molecular weight is 255 g/mol. The molecule has 4 nitrogen and oxygen atoms in total. The summed E-state index contributed by atoms with van der Waals surface area (Å²) < 4.78 is 1.78. The molecule has 0 unspecified atom stereocenters. The number of aryl methyl sites for hydroxylation is 1. The second kappa shape index (κ2) is 4.88. The Hall–Kier alpha value is -2.10. The first-order chi connectivity index (χ1) is 9.24. The molecule has 1 aromatic heterocycles. The maximum atomic E-state index is 12.2. The largest absolute Gasteiger partial charge is 0.361 e. The Labute approximate surface area is 112 Å². The van der Waals surface area contributed by atoms with E-state index in [9.17, 15) is 4.79 Å². The standard InChI is InChI=1S/C15H17N3O/c1-11-3-2-4-12(9-11)10-17-14-15(19)18(8-7-16-14)13-5-6-13/h2-4,7-9,13H,5-6,10H2,1H3,(H,16,17). The molecular weight excluding hydrogens is 238 g/mol. The highest BCUT2D eigenvalue weighted by Crippen LogP contribution is 2.33. The van der Waals surface area contributed by atoms with Crippen LogP contribution in [0.5, 0.6) is 0 Å². The van der Waals surface area contributed by atoms with Gasteiger partial charge in [0.1, 0.15) is 0 Å². The van der Waals surface area contributed by atoms with Crippen molar-refractivity contribution in [3.63, 3.8) is 0 Å². The minimum absolute atomic E-state index is 0.0161. The van der Waals surface area contributed by atoms with Crippen molar-refractivity contribution in [2.75, 3.05) is 5.32 Å². The molecule has 1 heterocycles. The van der Waals surface area contributed by atoms with Crippen LogP contribution in [0.25, 0.3) is 0 Å². The molecule has 0 radical (unpaired) electrons. The highest BCUT2D eigenvalue weighted by atomic mass is 16.1. The molecule has 4 heteroatoms. The van der Waals surface area contributed by atoms with E-state index in [1.807, 2.05) is 12.1 Å². The Morgan fingerprint density at radius 1 is 1.42 bits per heavy atom. The summed E-state index contributed by atoms with van der Waals surface area (Å²) in [6, 6.07) is 8.62. The van der Waals surface area contributed by atoms with Gasteiger partial charge in [-0.05, 0) is 25.3 Å². The van der Waals surface area contributed by atoms with Gasteiger partial charge in [0.05, 0.1) is 0 Å². The number of anilines is 1. The van der Waals surface area contributed by atoms with Crippen LogP contribution >= 0.6 is 0 Å². The first-order valence-corrected chi connectivity index (χ1v) is 6.60. The van der Waals surface area contributed by atoms with E-state index in [0.29, 0.717) is 18.4 Å². The lowest BCUT2D eigenvalue weighted by atomic mass is 10.1. The van der Waals surface area contributed by atoms with E-state index in [-0.39, 0.29) is 5.56 Å². The van der Waals surface area contributed by atoms with Crippen LogP contribution in [0.4, 0.5) is 5.82 Å².